The fourth-order valence-electron chi connectivity index (χ4n) is 8.40. The van der Waals surface area contributed by atoms with Gasteiger partial charge in [-0.15, -0.1) is 17.7 Å². The minimum Gasteiger partial charge on any atom is -0.657 e. The molecule has 0 spiro atoms. The first kappa shape index (κ1) is 39.2. The van der Waals surface area contributed by atoms with Crippen LogP contribution >= 0.6 is 0 Å². The van der Waals surface area contributed by atoms with Crippen molar-refractivity contribution in [3.05, 3.63) is 169 Å². The summed E-state index contributed by atoms with van der Waals surface area (Å²) < 4.78 is 2.38. The summed E-state index contributed by atoms with van der Waals surface area (Å²) in [6, 6.07) is 45.5. The standard InChI is InChI=1S/C27H37N2.C24H15N2.Au/c1-18(2)22-11-9-12-23(19(3)4)26(22)28-15-16-29(17-28)27-24(20(5)6)13-10-14-25(27)21(7)8;1-2-8-16(9-3-1)26-22-13-7-5-10-17(22)18-14-15-21-23(24(18)26)19-11-4-6-12-20(19)25-21;/h9-21H,1-8H3;1-15H;/q2*-1;. The first-order valence-electron chi connectivity index (χ1n) is 19.9. The molecule has 4 nitrogen and oxygen atoms in total. The molecule has 3 heterocycles. The molecular formula is C51H52AuN4-2. The van der Waals surface area contributed by atoms with Crippen LogP contribution in [0.3, 0.4) is 0 Å². The molecular weight excluding hydrogens is 866 g/mol. The van der Waals surface area contributed by atoms with Gasteiger partial charge in [-0.25, -0.2) is 0 Å². The Morgan fingerprint density at radius 3 is 1.46 bits per heavy atom. The smallest absolute Gasteiger partial charge is 0.0606 e. The Hall–Kier alpha value is -5.00. The van der Waals surface area contributed by atoms with Crippen molar-refractivity contribution in [2.75, 3.05) is 9.80 Å². The van der Waals surface area contributed by atoms with E-state index in [4.69, 9.17) is 4.98 Å². The summed E-state index contributed by atoms with van der Waals surface area (Å²) in [5.41, 5.74) is 14.0. The van der Waals surface area contributed by atoms with Gasteiger partial charge in [-0.05, 0) is 87.3 Å². The third-order valence-electron chi connectivity index (χ3n) is 11.1. The van der Waals surface area contributed by atoms with Crippen molar-refractivity contribution in [2.45, 2.75) is 79.1 Å². The Balaban J connectivity index is 0.000000169. The van der Waals surface area contributed by atoms with Gasteiger partial charge in [0.05, 0.1) is 11.0 Å². The fraction of sp³-hybridized carbons (Fsp3) is 0.235. The van der Waals surface area contributed by atoms with E-state index >= 15 is 0 Å². The molecule has 8 aromatic rings. The molecule has 0 atom stereocenters. The summed E-state index contributed by atoms with van der Waals surface area (Å²) in [5.74, 6) is 1.92. The Labute approximate surface area is 348 Å². The van der Waals surface area contributed by atoms with Gasteiger partial charge in [0.25, 0.3) is 0 Å². The van der Waals surface area contributed by atoms with Crippen LogP contribution in [-0.4, -0.2) is 4.57 Å². The van der Waals surface area contributed by atoms with Crippen LogP contribution in [0, 0.1) is 6.67 Å². The number of nitrogens with zero attached hydrogens (tertiary/aromatic N) is 4. The second kappa shape index (κ2) is 16.2. The van der Waals surface area contributed by atoms with Crippen LogP contribution in [0.15, 0.2) is 140 Å². The van der Waals surface area contributed by atoms with Crippen molar-refractivity contribution < 1.29 is 22.4 Å². The van der Waals surface area contributed by atoms with E-state index < -0.39 is 0 Å². The third kappa shape index (κ3) is 7.00. The molecule has 0 unspecified atom stereocenters. The zero-order valence-corrected chi connectivity index (χ0v) is 35.9. The summed E-state index contributed by atoms with van der Waals surface area (Å²) in [7, 11) is 0. The molecule has 0 saturated heterocycles. The van der Waals surface area contributed by atoms with Gasteiger partial charge in [-0.1, -0.05) is 165 Å². The van der Waals surface area contributed by atoms with Crippen molar-refractivity contribution in [1.82, 2.24) is 9.55 Å². The van der Waals surface area contributed by atoms with Crippen LogP contribution in [0.25, 0.3) is 49.3 Å². The molecule has 289 valence electrons. The maximum absolute atomic E-state index is 4.86. The van der Waals surface area contributed by atoms with E-state index in [9.17, 15) is 0 Å². The normalized spacial score (nSPS) is 12.9. The molecule has 0 fully saturated rings. The summed E-state index contributed by atoms with van der Waals surface area (Å²) >= 11 is 0. The summed E-state index contributed by atoms with van der Waals surface area (Å²) in [4.78, 5) is 9.51. The van der Waals surface area contributed by atoms with Crippen LogP contribution in [0.1, 0.15) is 101 Å². The fourth-order valence-corrected chi connectivity index (χ4v) is 8.40. The molecule has 1 aliphatic rings. The van der Waals surface area contributed by atoms with E-state index in [0.717, 1.165) is 11.0 Å². The van der Waals surface area contributed by atoms with Crippen molar-refractivity contribution >= 4 is 55.0 Å². The van der Waals surface area contributed by atoms with E-state index in [0.29, 0.717) is 23.7 Å². The minimum absolute atomic E-state index is 0. The molecule has 56 heavy (non-hydrogen) atoms. The van der Waals surface area contributed by atoms with Gasteiger partial charge >= 0.3 is 0 Å². The van der Waals surface area contributed by atoms with Gasteiger partial charge in [0.1, 0.15) is 0 Å². The summed E-state index contributed by atoms with van der Waals surface area (Å²) in [5, 5.41) is 5.00. The summed E-state index contributed by atoms with van der Waals surface area (Å²) in [6.07, 6.45) is 4.43. The van der Waals surface area contributed by atoms with Gasteiger partial charge in [0.15, 0.2) is 0 Å². The van der Waals surface area contributed by atoms with Gasteiger partial charge in [0, 0.05) is 50.2 Å². The number of rotatable bonds is 7. The minimum atomic E-state index is 0. The first-order valence-corrected chi connectivity index (χ1v) is 19.9. The van der Waals surface area contributed by atoms with Crippen LogP contribution in [-0.2, 0) is 22.4 Å². The number of anilines is 2. The maximum atomic E-state index is 4.86. The molecule has 5 heteroatoms. The third-order valence-corrected chi connectivity index (χ3v) is 11.1. The van der Waals surface area contributed by atoms with Gasteiger partial charge in [-0.3, -0.25) is 0 Å². The maximum Gasteiger partial charge on any atom is 0.0606 e. The number of hydrogen-bond acceptors (Lipinski definition) is 2. The average Bonchev–Trinajstić information content (AvgIpc) is 3.92. The molecule has 0 bridgehead atoms. The second-order valence-corrected chi connectivity index (χ2v) is 16.1. The van der Waals surface area contributed by atoms with Crippen LogP contribution in [0.4, 0.5) is 11.4 Å². The zero-order valence-electron chi connectivity index (χ0n) is 33.8. The molecule has 1 aliphatic heterocycles. The van der Waals surface area contributed by atoms with Crippen molar-refractivity contribution in [2.24, 2.45) is 0 Å². The van der Waals surface area contributed by atoms with Gasteiger partial charge in [-0.2, -0.15) is 0 Å². The van der Waals surface area contributed by atoms with Crippen molar-refractivity contribution in [3.63, 3.8) is 0 Å². The zero-order chi connectivity index (χ0) is 38.4. The second-order valence-electron chi connectivity index (χ2n) is 16.1. The average molecular weight is 918 g/mol. The van der Waals surface area contributed by atoms with E-state index in [-0.39, 0.29) is 22.4 Å². The molecule has 0 N–H and O–H groups in total. The summed E-state index contributed by atoms with van der Waals surface area (Å²) in [6.45, 7) is 20.5. The molecule has 2 aromatic heterocycles. The topological polar surface area (TPSA) is 25.5 Å². The Morgan fingerprint density at radius 1 is 0.446 bits per heavy atom. The van der Waals surface area contributed by atoms with Crippen molar-refractivity contribution in [1.29, 1.82) is 0 Å². The monoisotopic (exact) mass is 917 g/mol. The molecule has 0 amide bonds. The number of benzene rings is 6. The SMILES string of the molecule is CC(C)c1cccc(C(C)C)c1N1C=CN(c2c(C(C)C)cccc2C(C)C)[CH-]1.[Au].c1ccc(-n2c3ccccc3c3ccc4[n-]c5ccccc5c4c32)cc1. The van der Waals surface area contributed by atoms with Gasteiger partial charge in [0.2, 0.25) is 0 Å². The van der Waals surface area contributed by atoms with Crippen LogP contribution in [0.5, 0.6) is 0 Å². The molecule has 0 aliphatic carbocycles. The van der Waals surface area contributed by atoms with E-state index in [1.807, 2.05) is 0 Å². The number of aromatic nitrogens is 2. The number of hydrogen-bond donors (Lipinski definition) is 0. The van der Waals surface area contributed by atoms with Gasteiger partial charge < -0.3 is 19.4 Å². The quantitative estimate of drug-likeness (QED) is 0.118. The molecule has 1 radical (unpaired) electrons. The van der Waals surface area contributed by atoms with E-state index in [1.165, 1.54) is 71.9 Å². The van der Waals surface area contributed by atoms with E-state index in [2.05, 4.69) is 216 Å². The predicted molar refractivity (Wildman–Crippen MR) is 237 cm³/mol. The number of fused-ring (bicyclic) bond motifs is 7. The van der Waals surface area contributed by atoms with Crippen LogP contribution in [0.2, 0.25) is 0 Å². The largest absolute Gasteiger partial charge is 0.657 e. The molecule has 6 aromatic carbocycles. The molecule has 9 rings (SSSR count). The van der Waals surface area contributed by atoms with Crippen molar-refractivity contribution in [3.8, 4) is 5.69 Å². The van der Waals surface area contributed by atoms with E-state index in [1.54, 1.807) is 0 Å². The first-order chi connectivity index (χ1) is 26.6. The number of para-hydroxylation sites is 5. The Kier molecular flexibility index (Phi) is 11.4. The van der Waals surface area contributed by atoms with Crippen LogP contribution < -0.4 is 14.8 Å². The Morgan fingerprint density at radius 2 is 0.929 bits per heavy atom. The predicted octanol–water partition coefficient (Wildman–Crippen LogP) is 14.1. The molecule has 0 saturated carbocycles. The Bertz CT molecular complexity index is 2530.